The van der Waals surface area contributed by atoms with Crippen molar-refractivity contribution in [3.05, 3.63) is 27.3 Å². The Hall–Kier alpha value is 0.811. The van der Waals surface area contributed by atoms with Crippen molar-refractivity contribution in [2.24, 2.45) is 23.7 Å². The zero-order valence-electron chi connectivity index (χ0n) is 22.4. The van der Waals surface area contributed by atoms with Crippen LogP contribution in [-0.4, -0.2) is 51.0 Å². The predicted octanol–water partition coefficient (Wildman–Crippen LogP) is 7.02. The van der Waals surface area contributed by atoms with Crippen LogP contribution in [0, 0.1) is 46.0 Å². The molecule has 3 saturated carbocycles. The van der Waals surface area contributed by atoms with E-state index in [1.807, 2.05) is 7.11 Å². The molecule has 0 radical (unpaired) electrons. The van der Waals surface area contributed by atoms with E-state index in [9.17, 15) is 0 Å². The second-order valence-corrected chi connectivity index (χ2v) is 15.9. The third-order valence-corrected chi connectivity index (χ3v) is 12.3. The van der Waals surface area contributed by atoms with E-state index >= 15 is 0 Å². The van der Waals surface area contributed by atoms with Gasteiger partial charge in [-0.25, -0.2) is 0 Å². The average molecular weight is 485 g/mol. The Morgan fingerprint density at radius 2 is 1.48 bits per heavy atom. The first-order valence-electron chi connectivity index (χ1n) is 11.6. The molecule has 3 nitrogen and oxygen atoms in total. The van der Waals surface area contributed by atoms with Crippen LogP contribution in [0.1, 0.15) is 65.7 Å². The van der Waals surface area contributed by atoms with Crippen LogP contribution < -0.4 is 0 Å². The molecule has 31 heavy (non-hydrogen) atoms. The molecule has 180 valence electrons. The Morgan fingerprint density at radius 3 is 2.03 bits per heavy atom. The number of methoxy groups -OCH3 is 1. The number of rotatable bonds is 3. The summed E-state index contributed by atoms with van der Waals surface area (Å²) in [5, 5.41) is 0. The third-order valence-electron chi connectivity index (χ3n) is 8.67. The minimum atomic E-state index is -1.68. The Labute approximate surface area is 212 Å². The molecule has 4 fully saturated rings. The van der Waals surface area contributed by atoms with Gasteiger partial charge in [-0.2, -0.15) is 0 Å². The first-order valence-corrected chi connectivity index (χ1v) is 14.7. The quantitative estimate of drug-likeness (QED) is 0.318. The number of likely N-dealkylation sites (tertiary alicyclic amines) is 1. The fourth-order valence-electron chi connectivity index (χ4n) is 8.34. The summed E-state index contributed by atoms with van der Waals surface area (Å²) in [4.78, 5) is 8.42. The van der Waals surface area contributed by atoms with Gasteiger partial charge < -0.3 is 32.0 Å². The van der Waals surface area contributed by atoms with Crippen molar-refractivity contribution in [1.82, 2.24) is 4.90 Å². The van der Waals surface area contributed by atoms with Crippen LogP contribution >= 0.6 is 0 Å². The van der Waals surface area contributed by atoms with Crippen LogP contribution in [-0.2, 0) is 26.5 Å². The van der Waals surface area contributed by atoms with Gasteiger partial charge in [-0.3, -0.25) is 4.90 Å². The smallest absolute Gasteiger partial charge is 0.660 e. The summed E-state index contributed by atoms with van der Waals surface area (Å²) in [6.45, 7) is 12.1. The van der Waals surface area contributed by atoms with Gasteiger partial charge in [-0.05, 0) is 61.9 Å². The SMILES string of the molecule is COC1CCC2C(C1)C1C3CCCCC3C([Si](C)(C)[N-]C(C)(C)C)C1N2C.[CH3-].[CH3-].[CH3-].[Ti+4]. The summed E-state index contributed by atoms with van der Waals surface area (Å²) in [5.74, 6) is 3.68. The largest absolute Gasteiger partial charge is 4.00 e. The molecule has 0 spiro atoms. The van der Waals surface area contributed by atoms with Crippen LogP contribution in [0.4, 0.5) is 0 Å². The second kappa shape index (κ2) is 11.5. The number of hydrogen-bond acceptors (Lipinski definition) is 2. The monoisotopic (exact) mass is 484 g/mol. The second-order valence-electron chi connectivity index (χ2n) is 11.7. The summed E-state index contributed by atoms with van der Waals surface area (Å²) in [7, 11) is 2.73. The first kappa shape index (κ1) is 31.8. The Morgan fingerprint density at radius 1 is 0.903 bits per heavy atom. The van der Waals surface area contributed by atoms with Crippen molar-refractivity contribution in [3.63, 3.8) is 0 Å². The minimum absolute atomic E-state index is 0. The van der Waals surface area contributed by atoms with E-state index in [1.165, 1.54) is 44.9 Å². The molecule has 0 amide bonds. The van der Waals surface area contributed by atoms with E-state index < -0.39 is 8.24 Å². The number of hydrogen-bond donors (Lipinski definition) is 0. The molecule has 5 heteroatoms. The summed E-state index contributed by atoms with van der Waals surface area (Å²) < 4.78 is 5.85. The standard InChI is InChI=1S/C23H43N2OSi.3CH3.Ti/c1-23(2,3)24-27(6,7)22-17-11-9-8-10-16(17)20-18-14-15(26-5)12-13-19(18)25(4)21(20)22;;;;/h15-22H,8-14H2,1-7H3;3*1H3;/q4*-1;+4. The molecule has 1 saturated heterocycles. The molecule has 8 atom stereocenters. The average Bonchev–Trinajstić information content (AvgIpc) is 3.07. The van der Waals surface area contributed by atoms with Gasteiger partial charge in [0.2, 0.25) is 0 Å². The number of fused-ring (bicyclic) bond motifs is 5. The predicted molar refractivity (Wildman–Crippen MR) is 136 cm³/mol. The van der Waals surface area contributed by atoms with E-state index in [4.69, 9.17) is 9.72 Å². The Kier molecular flexibility index (Phi) is 11.8. The van der Waals surface area contributed by atoms with E-state index in [-0.39, 0.29) is 49.5 Å². The Bertz CT molecular complexity index is 552. The third kappa shape index (κ3) is 5.73. The maximum Gasteiger partial charge on any atom is 4.00 e. The van der Waals surface area contributed by atoms with Crippen molar-refractivity contribution >= 4 is 8.24 Å². The molecule has 0 N–H and O–H groups in total. The summed E-state index contributed by atoms with van der Waals surface area (Å²) in [5.41, 5.74) is 0.951. The molecule has 8 unspecified atom stereocenters. The van der Waals surface area contributed by atoms with Gasteiger partial charge in [0.1, 0.15) is 0 Å². The number of ether oxygens (including phenoxy) is 1. The zero-order chi connectivity index (χ0) is 19.6. The maximum atomic E-state index is 5.85. The first-order chi connectivity index (χ1) is 12.6. The van der Waals surface area contributed by atoms with Crippen LogP contribution in [0.3, 0.4) is 0 Å². The van der Waals surface area contributed by atoms with Crippen LogP contribution in [0.5, 0.6) is 0 Å². The number of nitrogens with zero attached hydrogens (tertiary/aromatic N) is 2. The van der Waals surface area contributed by atoms with E-state index in [0.29, 0.717) is 6.10 Å². The molecular formula is C26H52N2OSiTi. The van der Waals surface area contributed by atoms with E-state index in [2.05, 4.69) is 45.8 Å². The molecule has 0 aromatic rings. The van der Waals surface area contributed by atoms with Gasteiger partial charge in [-0.1, -0.05) is 61.4 Å². The molecule has 4 aliphatic rings. The van der Waals surface area contributed by atoms with Crippen molar-refractivity contribution < 1.29 is 26.5 Å². The summed E-state index contributed by atoms with van der Waals surface area (Å²) in [6, 6.07) is 1.59. The van der Waals surface area contributed by atoms with Gasteiger partial charge in [0.05, 0.1) is 6.10 Å². The van der Waals surface area contributed by atoms with Crippen LogP contribution in [0.2, 0.25) is 18.6 Å². The normalized spacial score (nSPS) is 39.6. The fourth-order valence-corrected chi connectivity index (χ4v) is 13.0. The van der Waals surface area contributed by atoms with Gasteiger partial charge in [0.15, 0.2) is 0 Å². The van der Waals surface area contributed by atoms with Crippen LogP contribution in [0.15, 0.2) is 0 Å². The zero-order valence-corrected chi connectivity index (χ0v) is 24.9. The van der Waals surface area contributed by atoms with Gasteiger partial charge in [-0.15, -0.1) is 5.54 Å². The molecule has 1 heterocycles. The minimum Gasteiger partial charge on any atom is -0.660 e. The van der Waals surface area contributed by atoms with Crippen LogP contribution in [0.25, 0.3) is 4.98 Å². The van der Waals surface area contributed by atoms with Gasteiger partial charge in [0, 0.05) is 19.2 Å². The Balaban J connectivity index is 0.00000225. The van der Waals surface area contributed by atoms with E-state index in [1.54, 1.807) is 0 Å². The van der Waals surface area contributed by atoms with Crippen molar-refractivity contribution in [1.29, 1.82) is 0 Å². The van der Waals surface area contributed by atoms with Crippen molar-refractivity contribution in [2.45, 2.75) is 108 Å². The van der Waals surface area contributed by atoms with E-state index in [0.717, 1.165) is 41.3 Å². The fraction of sp³-hybridized carbons (Fsp3) is 0.885. The molecule has 4 rings (SSSR count). The molecule has 3 aliphatic carbocycles. The van der Waals surface area contributed by atoms with Gasteiger partial charge >= 0.3 is 21.7 Å². The van der Waals surface area contributed by atoms with Crippen molar-refractivity contribution in [3.8, 4) is 0 Å². The van der Waals surface area contributed by atoms with Gasteiger partial charge in [0.25, 0.3) is 0 Å². The molecule has 1 aliphatic heterocycles. The molecule has 0 aromatic heterocycles. The summed E-state index contributed by atoms with van der Waals surface area (Å²) >= 11 is 0. The molecular weight excluding hydrogens is 432 g/mol. The molecule has 0 aromatic carbocycles. The maximum absolute atomic E-state index is 5.85. The topological polar surface area (TPSA) is 26.6 Å². The molecule has 0 bridgehead atoms. The van der Waals surface area contributed by atoms with Crippen molar-refractivity contribution in [2.75, 3.05) is 14.2 Å². The summed E-state index contributed by atoms with van der Waals surface area (Å²) in [6.07, 6.45) is 10.3.